The van der Waals surface area contributed by atoms with Gasteiger partial charge in [0.15, 0.2) is 0 Å². The summed E-state index contributed by atoms with van der Waals surface area (Å²) >= 11 is 0. The van der Waals surface area contributed by atoms with Gasteiger partial charge in [0.1, 0.15) is 6.10 Å². The number of amides is 1. The Balaban J connectivity index is 1.38. The minimum atomic E-state index is -0.491. The van der Waals surface area contributed by atoms with E-state index in [0.29, 0.717) is 58.8 Å². The summed E-state index contributed by atoms with van der Waals surface area (Å²) in [5.41, 5.74) is 2.77. The molecule has 1 aromatic rings. The maximum absolute atomic E-state index is 13.2. The molecule has 3 aliphatic rings. The van der Waals surface area contributed by atoms with Gasteiger partial charge in [-0.05, 0) is 25.3 Å². The summed E-state index contributed by atoms with van der Waals surface area (Å²) in [5, 5.41) is 7.44. The molecule has 4 rings (SSSR count). The molecule has 0 radical (unpaired) electrons. The van der Waals surface area contributed by atoms with Gasteiger partial charge < -0.3 is 24.4 Å². The average molecular weight is 402 g/mol. The molecule has 2 unspecified atom stereocenters. The molecule has 0 aliphatic carbocycles. The van der Waals surface area contributed by atoms with Crippen LogP contribution in [-0.4, -0.2) is 63.4 Å². The van der Waals surface area contributed by atoms with E-state index < -0.39 is 5.41 Å². The van der Waals surface area contributed by atoms with Crippen molar-refractivity contribution in [2.45, 2.75) is 44.8 Å². The van der Waals surface area contributed by atoms with Gasteiger partial charge >= 0.3 is 0 Å². The zero-order valence-electron chi connectivity index (χ0n) is 17.0. The van der Waals surface area contributed by atoms with E-state index in [1.807, 2.05) is 12.1 Å². The van der Waals surface area contributed by atoms with Crippen molar-refractivity contribution in [3.63, 3.8) is 0 Å². The van der Waals surface area contributed by atoms with Crippen molar-refractivity contribution in [2.24, 2.45) is 10.6 Å². The number of benzene rings is 1. The van der Waals surface area contributed by atoms with Crippen molar-refractivity contribution < 1.29 is 23.8 Å². The third-order valence-corrected chi connectivity index (χ3v) is 6.11. The third kappa shape index (κ3) is 4.79. The fourth-order valence-electron chi connectivity index (χ4n) is 4.36. The first kappa shape index (κ1) is 20.3. The van der Waals surface area contributed by atoms with Gasteiger partial charge in [-0.2, -0.15) is 0 Å². The van der Waals surface area contributed by atoms with Crippen LogP contribution < -0.4 is 5.32 Å². The normalized spacial score (nSPS) is 26.4. The molecule has 0 aromatic heterocycles. The monoisotopic (exact) mass is 402 g/mol. The number of oxime groups is 1. The number of ether oxygens (including phenoxy) is 3. The van der Waals surface area contributed by atoms with Crippen LogP contribution in [-0.2, 0) is 23.8 Å². The highest BCUT2D eigenvalue weighted by molar-refractivity contribution is 6.02. The van der Waals surface area contributed by atoms with Crippen LogP contribution >= 0.6 is 0 Å². The van der Waals surface area contributed by atoms with Crippen molar-refractivity contribution in [1.29, 1.82) is 0 Å². The third-order valence-electron chi connectivity index (χ3n) is 6.11. The highest BCUT2D eigenvalue weighted by Crippen LogP contribution is 2.38. The van der Waals surface area contributed by atoms with Gasteiger partial charge in [-0.25, -0.2) is 0 Å². The Morgan fingerprint density at radius 3 is 2.72 bits per heavy atom. The largest absolute Gasteiger partial charge is 0.392 e. The first-order chi connectivity index (χ1) is 14.2. The summed E-state index contributed by atoms with van der Waals surface area (Å²) < 4.78 is 16.6. The summed E-state index contributed by atoms with van der Waals surface area (Å²) in [4.78, 5) is 19.0. The van der Waals surface area contributed by atoms with Gasteiger partial charge in [0, 0.05) is 38.2 Å². The second-order valence-electron chi connectivity index (χ2n) is 8.16. The number of carbonyl (C=O) groups excluding carboxylic acids is 1. The first-order valence-corrected chi connectivity index (χ1v) is 10.5. The lowest BCUT2D eigenvalue weighted by Crippen LogP contribution is -2.49. The van der Waals surface area contributed by atoms with Crippen molar-refractivity contribution in [3.05, 3.63) is 35.4 Å². The van der Waals surface area contributed by atoms with E-state index in [1.54, 1.807) is 0 Å². The lowest BCUT2D eigenvalue weighted by atomic mass is 9.74. The number of aryl methyl sites for hydroxylation is 1. The van der Waals surface area contributed by atoms with E-state index in [-0.39, 0.29) is 18.1 Å². The van der Waals surface area contributed by atoms with Gasteiger partial charge in [-0.3, -0.25) is 4.79 Å². The van der Waals surface area contributed by atoms with Gasteiger partial charge in [0.05, 0.1) is 37.1 Å². The number of hydrogen-bond acceptors (Lipinski definition) is 6. The molecule has 7 nitrogen and oxygen atoms in total. The second-order valence-corrected chi connectivity index (χ2v) is 8.16. The highest BCUT2D eigenvalue weighted by atomic mass is 16.6. The predicted octanol–water partition coefficient (Wildman–Crippen LogP) is 2.21. The Morgan fingerprint density at radius 2 is 1.97 bits per heavy atom. The molecule has 2 fully saturated rings. The number of carbonyl (C=O) groups is 1. The number of rotatable bonds is 6. The van der Waals surface area contributed by atoms with E-state index in [4.69, 9.17) is 19.0 Å². The smallest absolute Gasteiger partial charge is 0.226 e. The molecular formula is C22H30N2O5. The summed E-state index contributed by atoms with van der Waals surface area (Å²) in [6, 6.07) is 8.19. The van der Waals surface area contributed by atoms with Crippen LogP contribution in [0, 0.1) is 12.3 Å². The lowest BCUT2D eigenvalue weighted by Gasteiger charge is -2.37. The van der Waals surface area contributed by atoms with E-state index >= 15 is 0 Å². The lowest BCUT2D eigenvalue weighted by molar-refractivity contribution is -0.142. The maximum Gasteiger partial charge on any atom is 0.226 e. The molecule has 3 heterocycles. The van der Waals surface area contributed by atoms with Crippen molar-refractivity contribution in [2.75, 3.05) is 39.6 Å². The standard InChI is InChI=1S/C22H30N2O5/c1-16-4-2-3-5-19(16)20-12-17(29-24-20)13-22(6-8-26-9-7-22)21(25)23-14-18-15-27-10-11-28-18/h2-5,17-18H,6-15H2,1H3,(H,23,25). The van der Waals surface area contributed by atoms with Crippen molar-refractivity contribution in [1.82, 2.24) is 5.32 Å². The van der Waals surface area contributed by atoms with Crippen LogP contribution in [0.3, 0.4) is 0 Å². The maximum atomic E-state index is 13.2. The molecule has 0 saturated carbocycles. The minimum absolute atomic E-state index is 0.0583. The summed E-state index contributed by atoms with van der Waals surface area (Å²) in [7, 11) is 0. The molecule has 3 aliphatic heterocycles. The Kier molecular flexibility index (Phi) is 6.47. The molecule has 7 heteroatoms. The Labute approximate surface area is 171 Å². The molecule has 0 bridgehead atoms. The predicted molar refractivity (Wildman–Crippen MR) is 108 cm³/mol. The SMILES string of the molecule is Cc1ccccc1C1=NOC(CC2(C(=O)NCC3COCCO3)CCOCC2)C1. The van der Waals surface area contributed by atoms with E-state index in [2.05, 4.69) is 29.5 Å². The summed E-state index contributed by atoms with van der Waals surface area (Å²) in [6.07, 6.45) is 2.58. The molecule has 1 aromatic carbocycles. The summed E-state index contributed by atoms with van der Waals surface area (Å²) in [6.45, 7) is 5.45. The van der Waals surface area contributed by atoms with Crippen LogP contribution in [0.1, 0.15) is 36.8 Å². The van der Waals surface area contributed by atoms with E-state index in [1.165, 1.54) is 5.56 Å². The van der Waals surface area contributed by atoms with Crippen molar-refractivity contribution >= 4 is 11.6 Å². The molecular weight excluding hydrogens is 372 g/mol. The van der Waals surface area contributed by atoms with Gasteiger partial charge in [-0.1, -0.05) is 29.4 Å². The molecule has 0 spiro atoms. The molecule has 29 heavy (non-hydrogen) atoms. The van der Waals surface area contributed by atoms with Crippen LogP contribution in [0.5, 0.6) is 0 Å². The van der Waals surface area contributed by atoms with Crippen LogP contribution in [0.25, 0.3) is 0 Å². The van der Waals surface area contributed by atoms with Gasteiger partial charge in [0.2, 0.25) is 5.91 Å². The Bertz CT molecular complexity index is 738. The topological polar surface area (TPSA) is 78.4 Å². The van der Waals surface area contributed by atoms with E-state index in [0.717, 1.165) is 17.7 Å². The van der Waals surface area contributed by atoms with Gasteiger partial charge in [0.25, 0.3) is 0 Å². The van der Waals surface area contributed by atoms with Crippen LogP contribution in [0.15, 0.2) is 29.4 Å². The molecule has 1 N–H and O–H groups in total. The molecule has 2 atom stereocenters. The fourth-order valence-corrected chi connectivity index (χ4v) is 4.36. The quantitative estimate of drug-likeness (QED) is 0.789. The van der Waals surface area contributed by atoms with Crippen LogP contribution in [0.4, 0.5) is 0 Å². The van der Waals surface area contributed by atoms with Crippen molar-refractivity contribution in [3.8, 4) is 0 Å². The molecule has 158 valence electrons. The van der Waals surface area contributed by atoms with Gasteiger partial charge in [-0.15, -0.1) is 0 Å². The number of hydrogen-bond donors (Lipinski definition) is 1. The minimum Gasteiger partial charge on any atom is -0.392 e. The second kappa shape index (κ2) is 9.24. The first-order valence-electron chi connectivity index (χ1n) is 10.5. The molecule has 1 amide bonds. The Morgan fingerprint density at radius 1 is 1.14 bits per heavy atom. The zero-order chi connectivity index (χ0) is 20.1. The highest BCUT2D eigenvalue weighted by Gasteiger charge is 2.44. The Hall–Kier alpha value is -1.96. The summed E-state index contributed by atoms with van der Waals surface area (Å²) in [5.74, 6) is 0.0583. The van der Waals surface area contributed by atoms with Crippen LogP contribution in [0.2, 0.25) is 0 Å². The number of nitrogens with one attached hydrogen (secondary N) is 1. The van der Waals surface area contributed by atoms with E-state index in [9.17, 15) is 4.79 Å². The number of nitrogens with zero attached hydrogens (tertiary/aromatic N) is 1. The fraction of sp³-hybridized carbons (Fsp3) is 0.636. The zero-order valence-corrected chi connectivity index (χ0v) is 17.0. The molecule has 2 saturated heterocycles. The average Bonchev–Trinajstić information content (AvgIpc) is 3.21.